The summed E-state index contributed by atoms with van der Waals surface area (Å²) in [7, 11) is 1.57. The van der Waals surface area contributed by atoms with Crippen LogP contribution >= 0.6 is 23.2 Å². The number of nitrogens with zero attached hydrogens (tertiary/aromatic N) is 2. The molecule has 2 N–H and O–H groups in total. The van der Waals surface area contributed by atoms with Gasteiger partial charge in [0.15, 0.2) is 11.4 Å². The Balaban J connectivity index is 1.48. The van der Waals surface area contributed by atoms with Crippen molar-refractivity contribution in [1.29, 1.82) is 0 Å². The van der Waals surface area contributed by atoms with E-state index >= 15 is 0 Å². The van der Waals surface area contributed by atoms with Crippen LogP contribution < -0.4 is 20.9 Å². The number of aromatic nitrogens is 2. The van der Waals surface area contributed by atoms with Crippen molar-refractivity contribution in [1.82, 2.24) is 15.1 Å². The van der Waals surface area contributed by atoms with Crippen molar-refractivity contribution in [3.8, 4) is 17.2 Å². The lowest BCUT2D eigenvalue weighted by molar-refractivity contribution is 0.0937. The molecule has 0 fully saturated rings. The van der Waals surface area contributed by atoms with Crippen LogP contribution in [0.25, 0.3) is 5.69 Å². The van der Waals surface area contributed by atoms with E-state index in [1.165, 1.54) is 22.0 Å². The molecule has 39 heavy (non-hydrogen) atoms. The summed E-state index contributed by atoms with van der Waals surface area (Å²) in [6, 6.07) is 17.6. The van der Waals surface area contributed by atoms with E-state index in [-0.39, 0.29) is 17.3 Å². The second-order valence-electron chi connectivity index (χ2n) is 9.04. The fraction of sp³-hybridized carbons (Fsp3) is 0.207. The van der Waals surface area contributed by atoms with Gasteiger partial charge in [-0.1, -0.05) is 29.3 Å². The van der Waals surface area contributed by atoms with Crippen molar-refractivity contribution in [3.05, 3.63) is 104 Å². The fourth-order valence-electron chi connectivity index (χ4n) is 4.39. The normalized spacial score (nSPS) is 12.2. The van der Waals surface area contributed by atoms with Gasteiger partial charge in [-0.15, -0.1) is 0 Å². The predicted molar refractivity (Wildman–Crippen MR) is 152 cm³/mol. The Morgan fingerprint density at radius 2 is 1.79 bits per heavy atom. The Labute approximate surface area is 235 Å². The summed E-state index contributed by atoms with van der Waals surface area (Å²) >= 11 is 12.3. The van der Waals surface area contributed by atoms with Gasteiger partial charge in [0, 0.05) is 24.9 Å². The molecule has 0 unspecified atom stereocenters. The van der Waals surface area contributed by atoms with Crippen molar-refractivity contribution < 1.29 is 14.3 Å². The first kappa shape index (κ1) is 26.7. The summed E-state index contributed by atoms with van der Waals surface area (Å²) in [5, 5.41) is 10.9. The van der Waals surface area contributed by atoms with E-state index in [1.54, 1.807) is 49.6 Å². The number of halogens is 2. The van der Waals surface area contributed by atoms with Gasteiger partial charge in [-0.05, 0) is 85.0 Å². The first-order valence-electron chi connectivity index (χ1n) is 12.4. The van der Waals surface area contributed by atoms with E-state index in [4.69, 9.17) is 32.7 Å². The number of anilines is 2. The molecule has 0 saturated carbocycles. The number of hydrogen-bond donors (Lipinski definition) is 2. The highest BCUT2D eigenvalue weighted by Gasteiger charge is 2.18. The van der Waals surface area contributed by atoms with Crippen LogP contribution in [0.15, 0.2) is 71.7 Å². The molecular weight excluding hydrogens is 539 g/mol. The molecule has 10 heteroatoms. The third kappa shape index (κ3) is 6.09. The van der Waals surface area contributed by atoms with Gasteiger partial charge in [-0.25, -0.2) is 0 Å². The smallest absolute Gasteiger partial charge is 0.299 e. The van der Waals surface area contributed by atoms with Crippen LogP contribution in [-0.2, 0) is 17.6 Å². The molecule has 200 valence electrons. The summed E-state index contributed by atoms with van der Waals surface area (Å²) in [6.45, 7) is 0.829. The zero-order valence-electron chi connectivity index (χ0n) is 21.2. The average molecular weight is 565 g/mol. The summed E-state index contributed by atoms with van der Waals surface area (Å²) in [6.07, 6.45) is 4.66. The SMILES string of the molecule is COCCNC(=O)c1ccc(Nc2c(Oc3ccc4c(c3)CCC4)cnn(-c3ccc(Cl)c(Cl)c3)c2=O)cc1. The standard InChI is InChI=1S/C29H26Cl2N4O4/c1-38-14-13-32-28(36)19-5-8-21(9-6-19)34-27-26(39-23-11-7-18-3-2-4-20(18)15-23)17-33-35(29(27)37)22-10-12-24(30)25(31)16-22/h5-12,15-17,34H,2-4,13-14H2,1H3,(H,32,36). The summed E-state index contributed by atoms with van der Waals surface area (Å²) < 4.78 is 12.4. The van der Waals surface area contributed by atoms with Crippen molar-refractivity contribution in [2.75, 3.05) is 25.6 Å². The molecule has 8 nitrogen and oxygen atoms in total. The molecule has 0 atom stereocenters. The average Bonchev–Trinajstić information content (AvgIpc) is 3.41. The molecule has 1 aliphatic rings. The van der Waals surface area contributed by atoms with E-state index in [9.17, 15) is 9.59 Å². The van der Waals surface area contributed by atoms with E-state index in [0.29, 0.717) is 45.9 Å². The third-order valence-corrected chi connectivity index (χ3v) is 7.14. The van der Waals surface area contributed by atoms with Crippen LogP contribution in [0.1, 0.15) is 27.9 Å². The number of carbonyl (C=O) groups excluding carboxylic acids is 1. The van der Waals surface area contributed by atoms with Crippen LogP contribution in [0.2, 0.25) is 10.0 Å². The van der Waals surface area contributed by atoms with Crippen LogP contribution in [0.3, 0.4) is 0 Å². The maximum absolute atomic E-state index is 13.7. The molecule has 0 saturated heterocycles. The van der Waals surface area contributed by atoms with Crippen molar-refractivity contribution in [2.24, 2.45) is 0 Å². The topological polar surface area (TPSA) is 94.5 Å². The van der Waals surface area contributed by atoms with Gasteiger partial charge in [0.05, 0.1) is 28.5 Å². The summed E-state index contributed by atoms with van der Waals surface area (Å²) in [5.74, 6) is 0.663. The first-order chi connectivity index (χ1) is 18.9. The lowest BCUT2D eigenvalue weighted by Crippen LogP contribution is -2.26. The van der Waals surface area contributed by atoms with Gasteiger partial charge in [-0.3, -0.25) is 9.59 Å². The summed E-state index contributed by atoms with van der Waals surface area (Å²) in [4.78, 5) is 26.0. The fourth-order valence-corrected chi connectivity index (χ4v) is 4.68. The van der Waals surface area contributed by atoms with Gasteiger partial charge in [-0.2, -0.15) is 9.78 Å². The minimum absolute atomic E-state index is 0.175. The lowest BCUT2D eigenvalue weighted by Gasteiger charge is -2.15. The Kier molecular flexibility index (Phi) is 8.16. The molecular formula is C29H26Cl2N4O4. The monoisotopic (exact) mass is 564 g/mol. The molecule has 1 aliphatic carbocycles. The van der Waals surface area contributed by atoms with Gasteiger partial charge >= 0.3 is 0 Å². The highest BCUT2D eigenvalue weighted by Crippen LogP contribution is 2.32. The van der Waals surface area contributed by atoms with Gasteiger partial charge in [0.2, 0.25) is 0 Å². The number of amides is 1. The number of nitrogens with one attached hydrogen (secondary N) is 2. The molecule has 0 spiro atoms. The molecule has 3 aromatic carbocycles. The largest absolute Gasteiger partial charge is 0.453 e. The molecule has 0 radical (unpaired) electrons. The highest BCUT2D eigenvalue weighted by atomic mass is 35.5. The van der Waals surface area contributed by atoms with Gasteiger partial charge < -0.3 is 20.1 Å². The van der Waals surface area contributed by atoms with E-state index in [2.05, 4.69) is 21.8 Å². The number of benzene rings is 3. The molecule has 1 aromatic heterocycles. The Hall–Kier alpha value is -3.85. The highest BCUT2D eigenvalue weighted by molar-refractivity contribution is 6.42. The summed E-state index contributed by atoms with van der Waals surface area (Å²) in [5.41, 5.74) is 3.81. The van der Waals surface area contributed by atoms with Crippen LogP contribution in [0.5, 0.6) is 11.5 Å². The zero-order valence-corrected chi connectivity index (χ0v) is 22.7. The first-order valence-corrected chi connectivity index (χ1v) is 13.2. The van der Waals surface area contributed by atoms with Gasteiger partial charge in [0.1, 0.15) is 5.75 Å². The Morgan fingerprint density at radius 1 is 1.00 bits per heavy atom. The molecule has 0 aliphatic heterocycles. The second-order valence-corrected chi connectivity index (χ2v) is 9.85. The number of fused-ring (bicyclic) bond motifs is 1. The van der Waals surface area contributed by atoms with Crippen molar-refractivity contribution in [2.45, 2.75) is 19.3 Å². The number of aryl methyl sites for hydroxylation is 2. The number of methoxy groups -OCH3 is 1. The molecule has 1 amide bonds. The third-order valence-electron chi connectivity index (χ3n) is 6.40. The maximum atomic E-state index is 13.7. The predicted octanol–water partition coefficient (Wildman–Crippen LogP) is 5.94. The van der Waals surface area contributed by atoms with Crippen LogP contribution in [-0.4, -0.2) is 35.9 Å². The minimum Gasteiger partial charge on any atom is -0.453 e. The van der Waals surface area contributed by atoms with E-state index in [1.807, 2.05) is 12.1 Å². The number of ether oxygens (including phenoxy) is 2. The van der Waals surface area contributed by atoms with Gasteiger partial charge in [0.25, 0.3) is 11.5 Å². The van der Waals surface area contributed by atoms with Crippen molar-refractivity contribution in [3.63, 3.8) is 0 Å². The molecule has 5 rings (SSSR count). The molecule has 1 heterocycles. The van der Waals surface area contributed by atoms with E-state index in [0.717, 1.165) is 19.3 Å². The maximum Gasteiger partial charge on any atom is 0.299 e. The molecule has 4 aromatic rings. The zero-order chi connectivity index (χ0) is 27.4. The number of hydrogen-bond acceptors (Lipinski definition) is 6. The second kappa shape index (κ2) is 11.9. The van der Waals surface area contributed by atoms with Crippen LogP contribution in [0.4, 0.5) is 11.4 Å². The van der Waals surface area contributed by atoms with Crippen LogP contribution in [0, 0.1) is 0 Å². The Bertz CT molecular complexity index is 1570. The van der Waals surface area contributed by atoms with E-state index < -0.39 is 5.56 Å². The molecule has 0 bridgehead atoms. The van der Waals surface area contributed by atoms with Crippen molar-refractivity contribution >= 4 is 40.5 Å². The number of rotatable bonds is 9. The Morgan fingerprint density at radius 3 is 2.56 bits per heavy atom. The minimum atomic E-state index is -0.451. The number of carbonyl (C=O) groups is 1. The quantitative estimate of drug-likeness (QED) is 0.244. The lowest BCUT2D eigenvalue weighted by atomic mass is 10.1.